The minimum atomic E-state index is -0.331. The first-order valence-electron chi connectivity index (χ1n) is 10.8. The second-order valence-electron chi connectivity index (χ2n) is 8.52. The molecule has 1 fully saturated rings. The van der Waals surface area contributed by atoms with Gasteiger partial charge in [-0.25, -0.2) is 0 Å². The Balaban J connectivity index is 1.53. The van der Waals surface area contributed by atoms with Gasteiger partial charge in [-0.05, 0) is 66.6 Å². The highest BCUT2D eigenvalue weighted by Gasteiger charge is 2.33. The van der Waals surface area contributed by atoms with Gasteiger partial charge in [-0.15, -0.1) is 0 Å². The van der Waals surface area contributed by atoms with Crippen LogP contribution in [0.4, 0.5) is 5.69 Å². The molecule has 0 unspecified atom stereocenters. The molecule has 1 aromatic heterocycles. The SMILES string of the molecule is Cc1ccc(C(=O)N(Cc2ccc(C(C)C)cc2)C2CC2)cc1NC(=O)c1ccco1. The van der Waals surface area contributed by atoms with Crippen LogP contribution in [0.5, 0.6) is 0 Å². The van der Waals surface area contributed by atoms with Crippen molar-refractivity contribution in [2.75, 3.05) is 5.32 Å². The zero-order valence-electron chi connectivity index (χ0n) is 18.2. The number of nitrogens with zero attached hydrogens (tertiary/aromatic N) is 1. The lowest BCUT2D eigenvalue weighted by atomic mass is 10.0. The van der Waals surface area contributed by atoms with Crippen LogP contribution in [0.25, 0.3) is 0 Å². The van der Waals surface area contributed by atoms with Crippen molar-refractivity contribution in [2.45, 2.75) is 52.1 Å². The number of furan rings is 1. The van der Waals surface area contributed by atoms with Crippen molar-refractivity contribution in [3.05, 3.63) is 88.9 Å². The lowest BCUT2D eigenvalue weighted by Crippen LogP contribution is -2.32. The standard InChI is InChI=1S/C26H28N2O3/c1-17(2)20-10-7-19(8-11-20)16-28(22-12-13-22)26(30)21-9-6-18(3)23(15-21)27-25(29)24-5-4-14-31-24/h4-11,14-15,17,22H,12-13,16H2,1-3H3,(H,27,29). The monoisotopic (exact) mass is 416 g/mol. The fourth-order valence-corrected chi connectivity index (χ4v) is 3.60. The average molecular weight is 417 g/mol. The highest BCUT2D eigenvalue weighted by atomic mass is 16.3. The van der Waals surface area contributed by atoms with Crippen molar-refractivity contribution in [3.8, 4) is 0 Å². The minimum Gasteiger partial charge on any atom is -0.459 e. The van der Waals surface area contributed by atoms with Crippen LogP contribution in [-0.4, -0.2) is 22.8 Å². The maximum atomic E-state index is 13.4. The Morgan fingerprint density at radius 3 is 2.45 bits per heavy atom. The van der Waals surface area contributed by atoms with Gasteiger partial charge in [-0.3, -0.25) is 9.59 Å². The van der Waals surface area contributed by atoms with Crippen LogP contribution >= 0.6 is 0 Å². The predicted molar refractivity (Wildman–Crippen MR) is 121 cm³/mol. The van der Waals surface area contributed by atoms with Gasteiger partial charge in [0.15, 0.2) is 5.76 Å². The number of anilines is 1. The van der Waals surface area contributed by atoms with Gasteiger partial charge in [-0.1, -0.05) is 44.2 Å². The van der Waals surface area contributed by atoms with E-state index in [1.807, 2.05) is 24.0 Å². The second kappa shape index (κ2) is 8.80. The summed E-state index contributed by atoms with van der Waals surface area (Å²) in [6, 6.07) is 17.5. The molecular weight excluding hydrogens is 388 g/mol. The summed E-state index contributed by atoms with van der Waals surface area (Å²) in [5.74, 6) is 0.379. The summed E-state index contributed by atoms with van der Waals surface area (Å²) in [5, 5.41) is 2.85. The molecule has 4 rings (SSSR count). The van der Waals surface area contributed by atoms with E-state index in [1.165, 1.54) is 11.8 Å². The molecule has 160 valence electrons. The van der Waals surface area contributed by atoms with Gasteiger partial charge in [0.2, 0.25) is 0 Å². The number of hydrogen-bond acceptors (Lipinski definition) is 3. The topological polar surface area (TPSA) is 62.6 Å². The number of carbonyl (C=O) groups excluding carboxylic acids is 2. The van der Waals surface area contributed by atoms with E-state index in [4.69, 9.17) is 4.42 Å². The Labute approximate surface area is 183 Å². The molecular formula is C26H28N2O3. The average Bonchev–Trinajstić information content (AvgIpc) is 3.45. The van der Waals surface area contributed by atoms with Crippen molar-refractivity contribution in [1.29, 1.82) is 0 Å². The van der Waals surface area contributed by atoms with E-state index < -0.39 is 0 Å². The van der Waals surface area contributed by atoms with Gasteiger partial charge in [0, 0.05) is 23.8 Å². The summed E-state index contributed by atoms with van der Waals surface area (Å²) >= 11 is 0. The molecule has 5 heteroatoms. The quantitative estimate of drug-likeness (QED) is 0.532. The van der Waals surface area contributed by atoms with Gasteiger partial charge in [0.25, 0.3) is 11.8 Å². The summed E-state index contributed by atoms with van der Waals surface area (Å²) in [4.78, 5) is 27.7. The number of carbonyl (C=O) groups is 2. The number of amides is 2. The van der Waals surface area contributed by atoms with Crippen LogP contribution < -0.4 is 5.32 Å². The molecule has 0 bridgehead atoms. The molecule has 0 aliphatic heterocycles. The maximum absolute atomic E-state index is 13.4. The molecule has 1 aliphatic carbocycles. The molecule has 2 aromatic carbocycles. The molecule has 1 N–H and O–H groups in total. The molecule has 3 aromatic rings. The Morgan fingerprint density at radius 2 is 1.84 bits per heavy atom. The molecule has 31 heavy (non-hydrogen) atoms. The third-order valence-corrected chi connectivity index (χ3v) is 5.73. The Bertz CT molecular complexity index is 1060. The van der Waals surface area contributed by atoms with Gasteiger partial charge >= 0.3 is 0 Å². The smallest absolute Gasteiger partial charge is 0.291 e. The maximum Gasteiger partial charge on any atom is 0.291 e. The minimum absolute atomic E-state index is 0.0102. The van der Waals surface area contributed by atoms with E-state index in [0.29, 0.717) is 23.7 Å². The van der Waals surface area contributed by atoms with Crippen molar-refractivity contribution in [3.63, 3.8) is 0 Å². The Kier molecular flexibility index (Phi) is 5.94. The van der Waals surface area contributed by atoms with Crippen molar-refractivity contribution in [1.82, 2.24) is 4.90 Å². The second-order valence-corrected chi connectivity index (χ2v) is 8.52. The molecule has 0 radical (unpaired) electrons. The lowest BCUT2D eigenvalue weighted by Gasteiger charge is -2.23. The normalized spacial score (nSPS) is 13.3. The zero-order valence-corrected chi connectivity index (χ0v) is 18.2. The Hall–Kier alpha value is -3.34. The number of hydrogen-bond donors (Lipinski definition) is 1. The van der Waals surface area contributed by atoms with Gasteiger partial charge in [0.05, 0.1) is 6.26 Å². The van der Waals surface area contributed by atoms with Gasteiger partial charge < -0.3 is 14.6 Å². The van der Waals surface area contributed by atoms with E-state index in [2.05, 4.69) is 43.4 Å². The summed E-state index contributed by atoms with van der Waals surface area (Å²) in [5.41, 5.74) is 4.50. The van der Waals surface area contributed by atoms with Crippen LogP contribution in [0.3, 0.4) is 0 Å². The van der Waals surface area contributed by atoms with Gasteiger partial charge in [-0.2, -0.15) is 0 Å². The first-order valence-corrected chi connectivity index (χ1v) is 10.8. The molecule has 0 saturated heterocycles. The molecule has 1 aliphatic rings. The number of aryl methyl sites for hydroxylation is 1. The van der Waals surface area contributed by atoms with E-state index in [1.54, 1.807) is 18.2 Å². The van der Waals surface area contributed by atoms with Crippen LogP contribution in [0, 0.1) is 6.92 Å². The number of rotatable bonds is 7. The zero-order chi connectivity index (χ0) is 22.0. The summed E-state index contributed by atoms with van der Waals surface area (Å²) in [7, 11) is 0. The van der Waals surface area contributed by atoms with Gasteiger partial charge in [0.1, 0.15) is 0 Å². The van der Waals surface area contributed by atoms with Crippen LogP contribution in [0.15, 0.2) is 65.3 Å². The van der Waals surface area contributed by atoms with Crippen molar-refractivity contribution < 1.29 is 14.0 Å². The summed E-state index contributed by atoms with van der Waals surface area (Å²) in [6.45, 7) is 6.84. The third kappa shape index (κ3) is 4.88. The summed E-state index contributed by atoms with van der Waals surface area (Å²) in [6.07, 6.45) is 3.52. The fraction of sp³-hybridized carbons (Fsp3) is 0.308. The van der Waals surface area contributed by atoms with Crippen molar-refractivity contribution in [2.24, 2.45) is 0 Å². The van der Waals surface area contributed by atoms with Crippen LogP contribution in [0.2, 0.25) is 0 Å². The molecule has 5 nitrogen and oxygen atoms in total. The van der Waals surface area contributed by atoms with Crippen molar-refractivity contribution >= 4 is 17.5 Å². The molecule has 1 saturated carbocycles. The summed E-state index contributed by atoms with van der Waals surface area (Å²) < 4.78 is 5.17. The van der Waals surface area contributed by atoms with Crippen LogP contribution in [0.1, 0.15) is 70.2 Å². The first-order chi connectivity index (χ1) is 14.9. The highest BCUT2D eigenvalue weighted by molar-refractivity contribution is 6.04. The number of benzene rings is 2. The third-order valence-electron chi connectivity index (χ3n) is 5.73. The highest BCUT2D eigenvalue weighted by Crippen LogP contribution is 2.31. The van der Waals surface area contributed by atoms with E-state index in [-0.39, 0.29) is 23.6 Å². The molecule has 1 heterocycles. The lowest BCUT2D eigenvalue weighted by molar-refractivity contribution is 0.0729. The Morgan fingerprint density at radius 1 is 1.10 bits per heavy atom. The van der Waals surface area contributed by atoms with E-state index in [9.17, 15) is 9.59 Å². The van der Waals surface area contributed by atoms with E-state index >= 15 is 0 Å². The van der Waals surface area contributed by atoms with E-state index in [0.717, 1.165) is 24.0 Å². The molecule has 0 atom stereocenters. The number of nitrogens with one attached hydrogen (secondary N) is 1. The first kappa shape index (κ1) is 20.9. The fourth-order valence-electron chi connectivity index (χ4n) is 3.60. The molecule has 2 amide bonds. The largest absolute Gasteiger partial charge is 0.459 e. The van der Waals surface area contributed by atoms with Crippen LogP contribution in [-0.2, 0) is 6.54 Å². The molecule has 0 spiro atoms. The predicted octanol–water partition coefficient (Wildman–Crippen LogP) is 5.77.